The molecular weight excluding hydrogens is 452 g/mol. The third-order valence-electron chi connectivity index (χ3n) is 6.27. The standard InChI is InChI=1S/C25H30N4O2S2/c1-14(2)9-10-32-25-27-26-24-28(17-8-6-7-16(5)11-17)22(30)21-18-12-19(15(3)4)31-13-20(18)33-23(21)29(24)25/h6-8,11,14-15,19H,9-10,12-13H2,1-5H3. The molecule has 0 aliphatic carbocycles. The Morgan fingerprint density at radius 2 is 2.06 bits per heavy atom. The van der Waals surface area contributed by atoms with Crippen LogP contribution in [0.4, 0.5) is 0 Å². The number of aryl methyl sites for hydroxylation is 1. The Hall–Kier alpha value is -2.16. The van der Waals surface area contributed by atoms with Gasteiger partial charge in [0.1, 0.15) is 4.83 Å². The van der Waals surface area contributed by atoms with Gasteiger partial charge in [-0.2, -0.15) is 0 Å². The SMILES string of the molecule is Cc1cccc(-n2c(=O)c3c4c(sc3n3c(SCCC(C)C)nnc23)COC(C(C)C)C4)c1. The fraction of sp³-hybridized carbons (Fsp3) is 0.480. The highest BCUT2D eigenvalue weighted by Crippen LogP contribution is 2.37. The van der Waals surface area contributed by atoms with E-state index in [9.17, 15) is 4.79 Å². The Balaban J connectivity index is 1.78. The Labute approximate surface area is 202 Å². The highest BCUT2D eigenvalue weighted by Gasteiger charge is 2.30. The van der Waals surface area contributed by atoms with Gasteiger partial charge in [0.15, 0.2) is 5.16 Å². The molecule has 0 N–H and O–H groups in total. The van der Waals surface area contributed by atoms with E-state index in [1.165, 1.54) is 0 Å². The van der Waals surface area contributed by atoms with Gasteiger partial charge in [0.05, 0.1) is 23.8 Å². The van der Waals surface area contributed by atoms with Crippen molar-refractivity contribution in [2.75, 3.05) is 5.75 Å². The van der Waals surface area contributed by atoms with Gasteiger partial charge in [-0.25, -0.2) is 8.97 Å². The first kappa shape index (κ1) is 22.6. The molecule has 0 radical (unpaired) electrons. The van der Waals surface area contributed by atoms with E-state index in [2.05, 4.69) is 42.3 Å². The van der Waals surface area contributed by atoms with E-state index in [0.717, 1.165) is 55.7 Å². The molecule has 6 nitrogen and oxygen atoms in total. The van der Waals surface area contributed by atoms with Gasteiger partial charge < -0.3 is 4.74 Å². The highest BCUT2D eigenvalue weighted by molar-refractivity contribution is 7.99. The second-order valence-corrected chi connectivity index (χ2v) is 11.8. The lowest BCUT2D eigenvalue weighted by Gasteiger charge is -2.26. The number of aromatic nitrogens is 4. The van der Waals surface area contributed by atoms with E-state index in [1.807, 2.05) is 31.2 Å². The lowest BCUT2D eigenvalue weighted by atomic mass is 9.96. The van der Waals surface area contributed by atoms with E-state index in [4.69, 9.17) is 4.74 Å². The smallest absolute Gasteiger partial charge is 0.268 e. The summed E-state index contributed by atoms with van der Waals surface area (Å²) < 4.78 is 9.97. The third-order valence-corrected chi connectivity index (χ3v) is 8.42. The summed E-state index contributed by atoms with van der Waals surface area (Å²) in [6.07, 6.45) is 1.99. The van der Waals surface area contributed by atoms with Crippen molar-refractivity contribution in [1.82, 2.24) is 19.2 Å². The van der Waals surface area contributed by atoms with Gasteiger partial charge in [-0.05, 0) is 48.4 Å². The van der Waals surface area contributed by atoms with E-state index in [1.54, 1.807) is 27.7 Å². The molecule has 1 aliphatic rings. The van der Waals surface area contributed by atoms with Crippen molar-refractivity contribution in [1.29, 1.82) is 0 Å². The number of thiophene rings is 1. The predicted octanol–water partition coefficient (Wildman–Crippen LogP) is 5.64. The van der Waals surface area contributed by atoms with Crippen molar-refractivity contribution >= 4 is 39.1 Å². The van der Waals surface area contributed by atoms with Gasteiger partial charge in [-0.15, -0.1) is 21.5 Å². The van der Waals surface area contributed by atoms with Crippen LogP contribution < -0.4 is 5.56 Å². The van der Waals surface area contributed by atoms with Gasteiger partial charge in [0.25, 0.3) is 5.56 Å². The number of hydrogen-bond donors (Lipinski definition) is 0. The molecule has 0 saturated carbocycles. The van der Waals surface area contributed by atoms with Gasteiger partial charge in [0, 0.05) is 17.1 Å². The average Bonchev–Trinajstić information content (AvgIpc) is 3.34. The Morgan fingerprint density at radius 3 is 2.79 bits per heavy atom. The number of ether oxygens (including phenoxy) is 1. The quantitative estimate of drug-likeness (QED) is 0.333. The lowest BCUT2D eigenvalue weighted by Crippen LogP contribution is -2.28. The Morgan fingerprint density at radius 1 is 1.24 bits per heavy atom. The fourth-order valence-electron chi connectivity index (χ4n) is 4.35. The van der Waals surface area contributed by atoms with Crippen molar-refractivity contribution in [2.24, 2.45) is 11.8 Å². The first-order valence-corrected chi connectivity index (χ1v) is 13.4. The molecule has 1 atom stereocenters. The van der Waals surface area contributed by atoms with Crippen molar-refractivity contribution in [2.45, 2.75) is 65.3 Å². The fourth-order valence-corrected chi connectivity index (χ4v) is 6.82. The van der Waals surface area contributed by atoms with Gasteiger partial charge in [-0.1, -0.05) is 51.6 Å². The lowest BCUT2D eigenvalue weighted by molar-refractivity contribution is 0.00200. The van der Waals surface area contributed by atoms with Crippen LogP contribution in [0.1, 0.15) is 50.1 Å². The Bertz CT molecular complexity index is 1380. The average molecular weight is 483 g/mol. The molecule has 3 aromatic heterocycles. The topological polar surface area (TPSA) is 61.4 Å². The number of thioether (sulfide) groups is 1. The third kappa shape index (κ3) is 4.02. The van der Waals surface area contributed by atoms with Crippen molar-refractivity contribution in [3.05, 3.63) is 50.6 Å². The maximum Gasteiger partial charge on any atom is 0.268 e. The maximum atomic E-state index is 14.0. The van der Waals surface area contributed by atoms with Crippen LogP contribution in [0.3, 0.4) is 0 Å². The van der Waals surface area contributed by atoms with E-state index in [0.29, 0.717) is 24.2 Å². The van der Waals surface area contributed by atoms with Crippen molar-refractivity contribution in [3.63, 3.8) is 0 Å². The molecule has 33 heavy (non-hydrogen) atoms. The van der Waals surface area contributed by atoms with E-state index in [-0.39, 0.29) is 11.7 Å². The minimum absolute atomic E-state index is 0.0175. The minimum atomic E-state index is -0.0175. The maximum absolute atomic E-state index is 14.0. The van der Waals surface area contributed by atoms with Crippen molar-refractivity contribution in [3.8, 4) is 5.69 Å². The summed E-state index contributed by atoms with van der Waals surface area (Å²) in [5.74, 6) is 2.56. The number of nitrogens with zero attached hydrogens (tertiary/aromatic N) is 4. The molecule has 5 rings (SSSR count). The predicted molar refractivity (Wildman–Crippen MR) is 136 cm³/mol. The molecule has 1 aromatic carbocycles. The second kappa shape index (κ2) is 8.89. The van der Waals surface area contributed by atoms with Gasteiger partial charge in [0.2, 0.25) is 5.78 Å². The summed E-state index contributed by atoms with van der Waals surface area (Å²) in [6.45, 7) is 11.4. The van der Waals surface area contributed by atoms with Crippen LogP contribution in [0, 0.1) is 18.8 Å². The minimum Gasteiger partial charge on any atom is -0.372 e. The summed E-state index contributed by atoms with van der Waals surface area (Å²) in [5.41, 5.74) is 3.05. The van der Waals surface area contributed by atoms with Crippen LogP contribution in [0.15, 0.2) is 34.2 Å². The number of benzene rings is 1. The monoisotopic (exact) mass is 482 g/mol. The zero-order chi connectivity index (χ0) is 23.3. The second-order valence-electron chi connectivity index (χ2n) is 9.61. The van der Waals surface area contributed by atoms with Crippen LogP contribution in [0.2, 0.25) is 0 Å². The van der Waals surface area contributed by atoms with Crippen molar-refractivity contribution < 1.29 is 4.74 Å². The number of fused-ring (bicyclic) bond motifs is 5. The molecule has 174 valence electrons. The van der Waals surface area contributed by atoms with Crippen LogP contribution in [0.25, 0.3) is 21.7 Å². The molecule has 0 fully saturated rings. The Kier molecular flexibility index (Phi) is 6.09. The molecule has 8 heteroatoms. The molecule has 0 saturated heterocycles. The summed E-state index contributed by atoms with van der Waals surface area (Å²) in [5, 5.41) is 10.7. The zero-order valence-corrected chi connectivity index (χ0v) is 21.4. The molecule has 0 bridgehead atoms. The van der Waals surface area contributed by atoms with E-state index >= 15 is 0 Å². The molecular formula is C25H30N4O2S2. The zero-order valence-electron chi connectivity index (χ0n) is 19.8. The van der Waals surface area contributed by atoms with E-state index < -0.39 is 0 Å². The summed E-state index contributed by atoms with van der Waals surface area (Å²) in [7, 11) is 0. The molecule has 0 spiro atoms. The van der Waals surface area contributed by atoms with Gasteiger partial charge in [-0.3, -0.25) is 4.79 Å². The van der Waals surface area contributed by atoms with Gasteiger partial charge >= 0.3 is 0 Å². The molecule has 4 heterocycles. The first-order chi connectivity index (χ1) is 15.8. The number of rotatable bonds is 6. The van der Waals surface area contributed by atoms with Crippen LogP contribution in [-0.4, -0.2) is 31.0 Å². The summed E-state index contributed by atoms with van der Waals surface area (Å²) in [4.78, 5) is 16.1. The highest BCUT2D eigenvalue weighted by atomic mass is 32.2. The first-order valence-electron chi connectivity index (χ1n) is 11.6. The summed E-state index contributed by atoms with van der Waals surface area (Å²) >= 11 is 3.37. The summed E-state index contributed by atoms with van der Waals surface area (Å²) in [6, 6.07) is 8.03. The molecule has 4 aromatic rings. The molecule has 1 unspecified atom stereocenters. The molecule has 0 amide bonds. The largest absolute Gasteiger partial charge is 0.372 e. The van der Waals surface area contributed by atoms with Crippen LogP contribution in [-0.2, 0) is 17.8 Å². The normalized spacial score (nSPS) is 16.4. The molecule has 1 aliphatic heterocycles. The number of hydrogen-bond acceptors (Lipinski definition) is 6. The van der Waals surface area contributed by atoms with Crippen LogP contribution >= 0.6 is 23.1 Å². The van der Waals surface area contributed by atoms with Crippen LogP contribution in [0.5, 0.6) is 0 Å².